The largest absolute Gasteiger partial charge is 0.494 e. The van der Waals surface area contributed by atoms with E-state index in [0.29, 0.717) is 13.2 Å². The van der Waals surface area contributed by atoms with Gasteiger partial charge >= 0.3 is 0 Å². The molecule has 2 aromatic heterocycles. The maximum absolute atomic E-state index is 11.8. The zero-order valence-corrected chi connectivity index (χ0v) is 18.1. The first-order valence-corrected chi connectivity index (χ1v) is 10.5. The minimum Gasteiger partial charge on any atom is -0.494 e. The molecule has 0 spiro atoms. The number of amides is 1. The summed E-state index contributed by atoms with van der Waals surface area (Å²) in [6, 6.07) is 7.94. The third-order valence-electron chi connectivity index (χ3n) is 5.62. The lowest BCUT2D eigenvalue weighted by Gasteiger charge is -2.22. The minimum atomic E-state index is 0.118. The van der Waals surface area contributed by atoms with Crippen molar-refractivity contribution in [1.29, 1.82) is 0 Å². The zero-order valence-electron chi connectivity index (χ0n) is 18.1. The molecule has 0 unspecified atom stereocenters. The highest BCUT2D eigenvalue weighted by molar-refractivity contribution is 5.92. The SMILES string of the molecule is CCOc1ccc(-n2nc3c(N4CCCN(C(C)=O)CC4)nnc(C)c3c2C)cc1. The lowest BCUT2D eigenvalue weighted by Crippen LogP contribution is -2.34. The first kappa shape index (κ1) is 20.1. The molecule has 158 valence electrons. The Balaban J connectivity index is 1.73. The highest BCUT2D eigenvalue weighted by Crippen LogP contribution is 2.30. The average Bonchev–Trinajstić information content (AvgIpc) is 2.91. The second-order valence-corrected chi connectivity index (χ2v) is 7.60. The Kier molecular flexibility index (Phi) is 5.57. The van der Waals surface area contributed by atoms with E-state index in [1.54, 1.807) is 6.92 Å². The molecule has 0 aliphatic carbocycles. The third-order valence-corrected chi connectivity index (χ3v) is 5.62. The highest BCUT2D eigenvalue weighted by Gasteiger charge is 2.23. The predicted octanol–water partition coefficient (Wildman–Crippen LogP) is 2.89. The summed E-state index contributed by atoms with van der Waals surface area (Å²) in [7, 11) is 0. The van der Waals surface area contributed by atoms with Gasteiger partial charge in [-0.3, -0.25) is 4.79 Å². The van der Waals surface area contributed by atoms with Crippen molar-refractivity contribution in [2.24, 2.45) is 0 Å². The van der Waals surface area contributed by atoms with Crippen molar-refractivity contribution in [3.8, 4) is 11.4 Å². The number of carbonyl (C=O) groups excluding carboxylic acids is 1. The summed E-state index contributed by atoms with van der Waals surface area (Å²) >= 11 is 0. The molecule has 0 saturated carbocycles. The molecule has 30 heavy (non-hydrogen) atoms. The molecule has 3 heterocycles. The molecule has 0 bridgehead atoms. The van der Waals surface area contributed by atoms with E-state index in [2.05, 4.69) is 22.0 Å². The normalized spacial score (nSPS) is 14.8. The molecular formula is C22H28N6O2. The van der Waals surface area contributed by atoms with Gasteiger partial charge in [-0.05, 0) is 51.5 Å². The van der Waals surface area contributed by atoms with Crippen molar-refractivity contribution >= 4 is 22.6 Å². The summed E-state index contributed by atoms with van der Waals surface area (Å²) in [5, 5.41) is 14.9. The molecule has 1 fully saturated rings. The number of carbonyl (C=O) groups is 1. The number of benzene rings is 1. The minimum absolute atomic E-state index is 0.118. The van der Waals surface area contributed by atoms with Gasteiger partial charge in [0.2, 0.25) is 5.91 Å². The van der Waals surface area contributed by atoms with Crippen LogP contribution in [0.1, 0.15) is 31.7 Å². The van der Waals surface area contributed by atoms with Crippen molar-refractivity contribution in [2.45, 2.75) is 34.1 Å². The molecule has 1 saturated heterocycles. The van der Waals surface area contributed by atoms with Crippen molar-refractivity contribution in [3.05, 3.63) is 35.7 Å². The molecule has 1 aliphatic rings. The van der Waals surface area contributed by atoms with Crippen molar-refractivity contribution in [1.82, 2.24) is 24.9 Å². The molecule has 1 amide bonds. The van der Waals surface area contributed by atoms with Crippen LogP contribution in [0, 0.1) is 13.8 Å². The molecule has 8 nitrogen and oxygen atoms in total. The standard InChI is InChI=1S/C22H28N6O2/c1-5-30-19-9-7-18(8-10-19)28-16(3)20-15(2)23-24-22(21(20)25-28)27-12-6-11-26(13-14-27)17(4)29/h7-10H,5-6,11-14H2,1-4H3. The van der Waals surface area contributed by atoms with E-state index in [1.807, 2.05) is 47.7 Å². The third kappa shape index (κ3) is 3.69. The lowest BCUT2D eigenvalue weighted by molar-refractivity contribution is -0.128. The lowest BCUT2D eigenvalue weighted by atomic mass is 10.2. The van der Waals surface area contributed by atoms with Crippen LogP contribution in [0.4, 0.5) is 5.82 Å². The Hall–Kier alpha value is -3.16. The molecule has 3 aromatic rings. The summed E-state index contributed by atoms with van der Waals surface area (Å²) in [6.07, 6.45) is 0.898. The van der Waals surface area contributed by atoms with Gasteiger partial charge in [0, 0.05) is 33.1 Å². The number of hydrogen-bond donors (Lipinski definition) is 0. The topological polar surface area (TPSA) is 76.4 Å². The van der Waals surface area contributed by atoms with E-state index >= 15 is 0 Å². The second-order valence-electron chi connectivity index (χ2n) is 7.60. The number of aryl methyl sites for hydroxylation is 2. The van der Waals surface area contributed by atoms with Gasteiger partial charge in [0.15, 0.2) is 5.82 Å². The van der Waals surface area contributed by atoms with Crippen LogP contribution in [-0.4, -0.2) is 63.6 Å². The van der Waals surface area contributed by atoms with Gasteiger partial charge in [-0.15, -0.1) is 5.10 Å². The van der Waals surface area contributed by atoms with Crippen LogP contribution < -0.4 is 9.64 Å². The molecular weight excluding hydrogens is 380 g/mol. The van der Waals surface area contributed by atoms with Gasteiger partial charge in [0.1, 0.15) is 11.3 Å². The fourth-order valence-electron chi connectivity index (χ4n) is 4.07. The van der Waals surface area contributed by atoms with Crippen LogP contribution in [0.25, 0.3) is 16.6 Å². The maximum Gasteiger partial charge on any atom is 0.219 e. The number of aromatic nitrogens is 4. The molecule has 0 N–H and O–H groups in total. The van der Waals surface area contributed by atoms with E-state index < -0.39 is 0 Å². The highest BCUT2D eigenvalue weighted by atomic mass is 16.5. The van der Waals surface area contributed by atoms with Crippen LogP contribution in [-0.2, 0) is 4.79 Å². The van der Waals surface area contributed by atoms with E-state index in [4.69, 9.17) is 9.84 Å². The van der Waals surface area contributed by atoms with E-state index in [1.165, 1.54) is 0 Å². The average molecular weight is 409 g/mol. The van der Waals surface area contributed by atoms with Gasteiger partial charge in [-0.1, -0.05) is 0 Å². The van der Waals surface area contributed by atoms with E-state index in [0.717, 1.165) is 65.6 Å². The summed E-state index contributed by atoms with van der Waals surface area (Å²) < 4.78 is 7.50. The van der Waals surface area contributed by atoms with Crippen molar-refractivity contribution in [3.63, 3.8) is 0 Å². The number of hydrogen-bond acceptors (Lipinski definition) is 6. The quantitative estimate of drug-likeness (QED) is 0.661. The number of fused-ring (bicyclic) bond motifs is 1. The summed E-state index contributed by atoms with van der Waals surface area (Å²) in [4.78, 5) is 15.9. The maximum atomic E-state index is 11.8. The number of nitrogens with zero attached hydrogens (tertiary/aromatic N) is 6. The number of anilines is 1. The summed E-state index contributed by atoms with van der Waals surface area (Å²) in [5.74, 6) is 1.75. The Bertz CT molecular complexity index is 1060. The second kappa shape index (κ2) is 8.30. The van der Waals surface area contributed by atoms with Crippen molar-refractivity contribution in [2.75, 3.05) is 37.7 Å². The van der Waals surface area contributed by atoms with Crippen LogP contribution in [0.2, 0.25) is 0 Å². The molecule has 0 radical (unpaired) electrons. The van der Waals surface area contributed by atoms with Gasteiger partial charge in [-0.25, -0.2) is 4.68 Å². The Morgan fingerprint density at radius 1 is 1.07 bits per heavy atom. The monoisotopic (exact) mass is 408 g/mol. The molecule has 8 heteroatoms. The van der Waals surface area contributed by atoms with Crippen LogP contribution in [0.3, 0.4) is 0 Å². The zero-order chi connectivity index (χ0) is 21.3. The molecule has 1 aliphatic heterocycles. The fraction of sp³-hybridized carbons (Fsp3) is 0.455. The number of rotatable bonds is 4. The summed E-state index contributed by atoms with van der Waals surface area (Å²) in [5.41, 5.74) is 3.72. The first-order chi connectivity index (χ1) is 14.5. The van der Waals surface area contributed by atoms with Gasteiger partial charge < -0.3 is 14.5 Å². The Morgan fingerprint density at radius 3 is 2.53 bits per heavy atom. The van der Waals surface area contributed by atoms with Crippen molar-refractivity contribution < 1.29 is 9.53 Å². The smallest absolute Gasteiger partial charge is 0.219 e. The Morgan fingerprint density at radius 2 is 1.83 bits per heavy atom. The van der Waals surface area contributed by atoms with Gasteiger partial charge in [0.25, 0.3) is 0 Å². The van der Waals surface area contributed by atoms with Crippen LogP contribution >= 0.6 is 0 Å². The van der Waals surface area contributed by atoms with Gasteiger partial charge in [0.05, 0.1) is 29.1 Å². The molecule has 4 rings (SSSR count). The van der Waals surface area contributed by atoms with E-state index in [9.17, 15) is 4.79 Å². The molecule has 0 atom stereocenters. The van der Waals surface area contributed by atoms with Crippen LogP contribution in [0.5, 0.6) is 5.75 Å². The molecule has 1 aromatic carbocycles. The number of ether oxygens (including phenoxy) is 1. The Labute approximate surface area is 176 Å². The van der Waals surface area contributed by atoms with E-state index in [-0.39, 0.29) is 5.91 Å². The van der Waals surface area contributed by atoms with Crippen LogP contribution in [0.15, 0.2) is 24.3 Å². The predicted molar refractivity (Wildman–Crippen MR) is 116 cm³/mol. The summed E-state index contributed by atoms with van der Waals surface area (Å²) in [6.45, 7) is 11.3. The first-order valence-electron chi connectivity index (χ1n) is 10.5. The fourth-order valence-corrected chi connectivity index (χ4v) is 4.07. The van der Waals surface area contributed by atoms with Gasteiger partial charge in [-0.2, -0.15) is 10.2 Å².